The quantitative estimate of drug-likeness (QED) is 0.840. The van der Waals surface area contributed by atoms with E-state index in [9.17, 15) is 9.90 Å². The predicted octanol–water partition coefficient (Wildman–Crippen LogP) is 3.00. The number of aromatic nitrogens is 1. The van der Waals surface area contributed by atoms with Gasteiger partial charge < -0.3 is 10.4 Å². The van der Waals surface area contributed by atoms with Crippen LogP contribution in [0.5, 0.6) is 0 Å². The molecular formula is C14H20N2O2. The van der Waals surface area contributed by atoms with Crippen LogP contribution in [0, 0.1) is 19.3 Å². The number of nitrogens with one attached hydrogen (secondary N) is 1. The Hall–Kier alpha value is -1.58. The third-order valence-electron chi connectivity index (χ3n) is 3.90. The topological polar surface area (TPSA) is 62.2 Å². The average Bonchev–Trinajstić information content (AvgIpc) is 3.05. The van der Waals surface area contributed by atoms with Crippen LogP contribution in [0.3, 0.4) is 0 Å². The van der Waals surface area contributed by atoms with E-state index < -0.39 is 5.97 Å². The van der Waals surface area contributed by atoms with Crippen LogP contribution in [0.4, 0.5) is 5.82 Å². The van der Waals surface area contributed by atoms with Gasteiger partial charge in [-0.1, -0.05) is 6.92 Å². The molecule has 0 spiro atoms. The maximum Gasteiger partial charge on any atom is 0.339 e. The van der Waals surface area contributed by atoms with E-state index in [1.165, 1.54) is 12.8 Å². The number of carbonyl (C=O) groups is 1. The molecule has 1 aromatic rings. The maximum atomic E-state index is 11.3. The third kappa shape index (κ3) is 2.47. The number of anilines is 1. The Kier molecular flexibility index (Phi) is 3.28. The first-order valence-corrected chi connectivity index (χ1v) is 6.43. The summed E-state index contributed by atoms with van der Waals surface area (Å²) < 4.78 is 0. The highest BCUT2D eigenvalue weighted by atomic mass is 16.4. The Labute approximate surface area is 107 Å². The molecule has 1 fully saturated rings. The van der Waals surface area contributed by atoms with Crippen molar-refractivity contribution >= 4 is 11.8 Å². The van der Waals surface area contributed by atoms with E-state index in [1.807, 2.05) is 13.8 Å². The summed E-state index contributed by atoms with van der Waals surface area (Å²) >= 11 is 0. The molecule has 0 atom stereocenters. The molecular weight excluding hydrogens is 228 g/mol. The average molecular weight is 248 g/mol. The fourth-order valence-corrected chi connectivity index (χ4v) is 2.34. The number of rotatable bonds is 5. The van der Waals surface area contributed by atoms with E-state index in [4.69, 9.17) is 0 Å². The first kappa shape index (κ1) is 12.9. The van der Waals surface area contributed by atoms with Gasteiger partial charge in [0.15, 0.2) is 0 Å². The summed E-state index contributed by atoms with van der Waals surface area (Å²) in [5.74, 6) is -0.399. The van der Waals surface area contributed by atoms with E-state index in [-0.39, 0.29) is 0 Å². The molecule has 1 aromatic heterocycles. The summed E-state index contributed by atoms with van der Waals surface area (Å²) in [6.45, 7) is 6.70. The smallest absolute Gasteiger partial charge is 0.339 e. The van der Waals surface area contributed by atoms with Crippen molar-refractivity contribution in [1.29, 1.82) is 0 Å². The van der Waals surface area contributed by atoms with Gasteiger partial charge in [0.1, 0.15) is 11.4 Å². The zero-order valence-electron chi connectivity index (χ0n) is 11.2. The lowest BCUT2D eigenvalue weighted by atomic mass is 10.0. The summed E-state index contributed by atoms with van der Waals surface area (Å²) in [7, 11) is 0. The molecule has 2 N–H and O–H groups in total. The highest BCUT2D eigenvalue weighted by Crippen LogP contribution is 2.48. The van der Waals surface area contributed by atoms with Gasteiger partial charge in [0.25, 0.3) is 0 Å². The van der Waals surface area contributed by atoms with Crippen molar-refractivity contribution in [1.82, 2.24) is 4.98 Å². The number of aromatic carboxylic acids is 1. The minimum absolute atomic E-state index is 0.299. The van der Waals surface area contributed by atoms with E-state index >= 15 is 0 Å². The first-order valence-electron chi connectivity index (χ1n) is 6.43. The second-order valence-electron chi connectivity index (χ2n) is 5.32. The van der Waals surface area contributed by atoms with Crippen LogP contribution in [-0.4, -0.2) is 22.6 Å². The SMILES string of the molecule is CCC1(CNc2nc(C)cc(C)c2C(=O)O)CC1. The fourth-order valence-electron chi connectivity index (χ4n) is 2.34. The Morgan fingerprint density at radius 1 is 1.50 bits per heavy atom. The number of carboxylic acid groups (broad SMARTS) is 1. The molecule has 0 bridgehead atoms. The molecule has 1 aliphatic rings. The zero-order chi connectivity index (χ0) is 13.3. The molecule has 0 aromatic carbocycles. The number of aryl methyl sites for hydroxylation is 2. The summed E-state index contributed by atoms with van der Waals surface area (Å²) in [6.07, 6.45) is 3.58. The van der Waals surface area contributed by atoms with Gasteiger partial charge >= 0.3 is 5.97 Å². The second kappa shape index (κ2) is 4.59. The van der Waals surface area contributed by atoms with Gasteiger partial charge in [-0.3, -0.25) is 0 Å². The number of nitrogens with zero attached hydrogens (tertiary/aromatic N) is 1. The standard InChI is InChI=1S/C14H20N2O2/c1-4-14(5-6-14)8-15-12-11(13(17)18)9(2)7-10(3)16-12/h7H,4-6,8H2,1-3H3,(H,15,16)(H,17,18). The summed E-state index contributed by atoms with van der Waals surface area (Å²) in [6, 6.07) is 1.81. The molecule has 0 saturated heterocycles. The minimum atomic E-state index is -0.913. The Balaban J connectivity index is 2.23. The molecule has 1 aliphatic carbocycles. The molecule has 2 rings (SSSR count). The maximum absolute atomic E-state index is 11.3. The van der Waals surface area contributed by atoms with Gasteiger partial charge in [-0.05, 0) is 50.2 Å². The van der Waals surface area contributed by atoms with Crippen molar-refractivity contribution in [2.75, 3.05) is 11.9 Å². The van der Waals surface area contributed by atoms with Gasteiger partial charge in [0.2, 0.25) is 0 Å². The molecule has 98 valence electrons. The fraction of sp³-hybridized carbons (Fsp3) is 0.571. The van der Waals surface area contributed by atoms with E-state index in [2.05, 4.69) is 17.2 Å². The van der Waals surface area contributed by atoms with Crippen molar-refractivity contribution < 1.29 is 9.90 Å². The van der Waals surface area contributed by atoms with Crippen LogP contribution in [0.25, 0.3) is 0 Å². The van der Waals surface area contributed by atoms with Crippen molar-refractivity contribution in [2.45, 2.75) is 40.0 Å². The summed E-state index contributed by atoms with van der Waals surface area (Å²) in [4.78, 5) is 15.6. The Morgan fingerprint density at radius 2 is 2.17 bits per heavy atom. The lowest BCUT2D eigenvalue weighted by Crippen LogP contribution is -2.18. The molecule has 0 radical (unpaired) electrons. The van der Waals surface area contributed by atoms with Gasteiger partial charge in [-0.15, -0.1) is 0 Å². The molecule has 1 heterocycles. The van der Waals surface area contributed by atoms with Gasteiger partial charge in [0.05, 0.1) is 0 Å². The molecule has 1 saturated carbocycles. The summed E-state index contributed by atoms with van der Waals surface area (Å²) in [5.41, 5.74) is 2.28. The number of hydrogen-bond acceptors (Lipinski definition) is 3. The van der Waals surface area contributed by atoms with E-state index in [1.54, 1.807) is 6.07 Å². The number of carboxylic acids is 1. The van der Waals surface area contributed by atoms with Crippen molar-refractivity contribution in [3.63, 3.8) is 0 Å². The van der Waals surface area contributed by atoms with E-state index in [0.717, 1.165) is 24.2 Å². The molecule has 0 unspecified atom stereocenters. The third-order valence-corrected chi connectivity index (χ3v) is 3.90. The molecule has 18 heavy (non-hydrogen) atoms. The largest absolute Gasteiger partial charge is 0.478 e. The lowest BCUT2D eigenvalue weighted by molar-refractivity contribution is 0.0696. The Morgan fingerprint density at radius 3 is 2.67 bits per heavy atom. The number of hydrogen-bond donors (Lipinski definition) is 2. The highest BCUT2D eigenvalue weighted by molar-refractivity contribution is 5.94. The lowest BCUT2D eigenvalue weighted by Gasteiger charge is -2.16. The summed E-state index contributed by atoms with van der Waals surface area (Å²) in [5, 5.41) is 12.5. The van der Waals surface area contributed by atoms with Crippen LogP contribution < -0.4 is 5.32 Å². The number of pyridine rings is 1. The van der Waals surface area contributed by atoms with Gasteiger partial charge in [-0.2, -0.15) is 0 Å². The van der Waals surface area contributed by atoms with Crippen molar-refractivity contribution in [3.8, 4) is 0 Å². The molecule has 0 amide bonds. The first-order chi connectivity index (χ1) is 8.47. The molecule has 4 heteroatoms. The second-order valence-corrected chi connectivity index (χ2v) is 5.32. The monoisotopic (exact) mass is 248 g/mol. The van der Waals surface area contributed by atoms with Crippen LogP contribution >= 0.6 is 0 Å². The normalized spacial score (nSPS) is 16.4. The van der Waals surface area contributed by atoms with Crippen molar-refractivity contribution in [2.24, 2.45) is 5.41 Å². The van der Waals surface area contributed by atoms with Crippen LogP contribution in [0.15, 0.2) is 6.07 Å². The van der Waals surface area contributed by atoms with Gasteiger partial charge in [0, 0.05) is 12.2 Å². The van der Waals surface area contributed by atoms with Crippen molar-refractivity contribution in [3.05, 3.63) is 22.9 Å². The minimum Gasteiger partial charge on any atom is -0.478 e. The van der Waals surface area contributed by atoms with Crippen LogP contribution in [0.2, 0.25) is 0 Å². The van der Waals surface area contributed by atoms with Crippen LogP contribution in [0.1, 0.15) is 47.8 Å². The van der Waals surface area contributed by atoms with E-state index in [0.29, 0.717) is 16.8 Å². The van der Waals surface area contributed by atoms with Crippen LogP contribution in [-0.2, 0) is 0 Å². The Bertz CT molecular complexity index is 479. The molecule has 4 nitrogen and oxygen atoms in total. The predicted molar refractivity (Wildman–Crippen MR) is 71.1 cm³/mol. The van der Waals surface area contributed by atoms with Gasteiger partial charge in [-0.25, -0.2) is 9.78 Å². The molecule has 0 aliphatic heterocycles. The highest BCUT2D eigenvalue weighted by Gasteiger charge is 2.40. The zero-order valence-corrected chi connectivity index (χ0v) is 11.2.